The number of ether oxygens (including phenoxy) is 5. The molecule has 0 spiro atoms. The van der Waals surface area contributed by atoms with E-state index < -0.39 is 29.5 Å². The predicted molar refractivity (Wildman–Crippen MR) is 160 cm³/mol. The minimum atomic E-state index is -0.741. The summed E-state index contributed by atoms with van der Waals surface area (Å²) in [6.45, 7) is 14.1. The summed E-state index contributed by atoms with van der Waals surface area (Å²) in [4.78, 5) is 48.3. The summed E-state index contributed by atoms with van der Waals surface area (Å²) in [5.41, 5.74) is 0.498. The summed E-state index contributed by atoms with van der Waals surface area (Å²) in [5.74, 6) is -0.842. The molecule has 0 aromatic heterocycles. The van der Waals surface area contributed by atoms with Gasteiger partial charge in [0.15, 0.2) is 0 Å². The van der Waals surface area contributed by atoms with Gasteiger partial charge in [0.1, 0.15) is 28.6 Å². The molecule has 0 aliphatic rings. The van der Waals surface area contributed by atoms with Crippen molar-refractivity contribution in [3.05, 3.63) is 109 Å². The zero-order valence-corrected chi connectivity index (χ0v) is 24.6. The first-order valence-corrected chi connectivity index (χ1v) is 13.6. The number of carbonyl (C=O) groups is 4. The van der Waals surface area contributed by atoms with Gasteiger partial charge in [-0.05, 0) is 99.5 Å². The van der Waals surface area contributed by atoms with E-state index in [2.05, 4.69) is 13.2 Å². The SMILES string of the molecule is C=CC(=O)Oc1ccc(C(=O)Oc2ccc(OC(=O)c3ccc(OC(C)CC(C)(C)OC(=O)C=C)cc3)cc2CC)cc1. The van der Waals surface area contributed by atoms with E-state index in [9.17, 15) is 19.2 Å². The van der Waals surface area contributed by atoms with Crippen LogP contribution < -0.4 is 18.9 Å². The van der Waals surface area contributed by atoms with Crippen molar-refractivity contribution in [3.63, 3.8) is 0 Å². The molecule has 3 rings (SSSR count). The molecule has 0 heterocycles. The van der Waals surface area contributed by atoms with Crippen LogP contribution in [0.2, 0.25) is 0 Å². The molecule has 0 bridgehead atoms. The Labute approximate surface area is 250 Å². The van der Waals surface area contributed by atoms with E-state index in [-0.39, 0.29) is 17.4 Å². The number of hydrogen-bond acceptors (Lipinski definition) is 9. The molecule has 0 saturated heterocycles. The zero-order valence-electron chi connectivity index (χ0n) is 24.6. The van der Waals surface area contributed by atoms with Crippen LogP contribution in [0.4, 0.5) is 0 Å². The van der Waals surface area contributed by atoms with Crippen molar-refractivity contribution in [2.45, 2.75) is 52.2 Å². The van der Waals surface area contributed by atoms with Crippen molar-refractivity contribution in [3.8, 4) is 23.0 Å². The van der Waals surface area contributed by atoms with Crippen molar-refractivity contribution >= 4 is 23.9 Å². The van der Waals surface area contributed by atoms with E-state index in [1.54, 1.807) is 50.2 Å². The van der Waals surface area contributed by atoms with Crippen LogP contribution >= 0.6 is 0 Å². The highest BCUT2D eigenvalue weighted by Crippen LogP contribution is 2.27. The highest BCUT2D eigenvalue weighted by atomic mass is 16.6. The Morgan fingerprint density at radius 3 is 1.84 bits per heavy atom. The van der Waals surface area contributed by atoms with Gasteiger partial charge in [0.2, 0.25) is 0 Å². The first kappa shape index (κ1) is 32.3. The van der Waals surface area contributed by atoms with Gasteiger partial charge in [-0.25, -0.2) is 19.2 Å². The molecule has 9 heteroatoms. The van der Waals surface area contributed by atoms with Crippen LogP contribution in [0.15, 0.2) is 92.0 Å². The van der Waals surface area contributed by atoms with Crippen LogP contribution in [0, 0.1) is 0 Å². The normalized spacial score (nSPS) is 11.4. The standard InChI is InChI=1S/C34H34O9/c1-7-23-20-28(18-19-29(23)42-33(38)25-12-16-27(17-13-25)40-30(35)8-2)41-32(37)24-10-14-26(15-11-24)39-22(4)21-34(5,6)43-31(36)9-3/h8-20,22H,2-3,7,21H2,1,4-6H3. The minimum absolute atomic E-state index is 0.262. The topological polar surface area (TPSA) is 114 Å². The smallest absolute Gasteiger partial charge is 0.343 e. The van der Waals surface area contributed by atoms with Crippen molar-refractivity contribution < 1.29 is 42.9 Å². The molecule has 43 heavy (non-hydrogen) atoms. The second-order valence-electron chi connectivity index (χ2n) is 10.1. The maximum Gasteiger partial charge on any atom is 0.343 e. The average molecular weight is 587 g/mol. The summed E-state index contributed by atoms with van der Waals surface area (Å²) in [6, 6.07) is 17.2. The monoisotopic (exact) mass is 586 g/mol. The third-order valence-electron chi connectivity index (χ3n) is 6.05. The number of rotatable bonds is 13. The molecule has 1 atom stereocenters. The van der Waals surface area contributed by atoms with E-state index in [0.29, 0.717) is 41.2 Å². The van der Waals surface area contributed by atoms with Gasteiger partial charge in [-0.15, -0.1) is 0 Å². The number of aryl methyl sites for hydroxylation is 1. The van der Waals surface area contributed by atoms with E-state index in [4.69, 9.17) is 23.7 Å². The Kier molecular flexibility index (Phi) is 11.0. The molecule has 0 fully saturated rings. The van der Waals surface area contributed by atoms with Gasteiger partial charge >= 0.3 is 23.9 Å². The largest absolute Gasteiger partial charge is 0.491 e. The van der Waals surface area contributed by atoms with E-state index >= 15 is 0 Å². The van der Waals surface area contributed by atoms with Gasteiger partial charge in [0.05, 0.1) is 17.2 Å². The van der Waals surface area contributed by atoms with Crippen LogP contribution in [0.3, 0.4) is 0 Å². The number of benzene rings is 3. The van der Waals surface area contributed by atoms with Crippen LogP contribution in [0.1, 0.15) is 60.4 Å². The van der Waals surface area contributed by atoms with Gasteiger partial charge in [0.25, 0.3) is 0 Å². The Bertz CT molecular complexity index is 1490. The Morgan fingerprint density at radius 1 is 0.744 bits per heavy atom. The third kappa shape index (κ3) is 9.71. The number of esters is 4. The molecule has 0 aliphatic carbocycles. The maximum atomic E-state index is 12.8. The molecule has 0 saturated carbocycles. The highest BCUT2D eigenvalue weighted by molar-refractivity contribution is 5.92. The molecular weight excluding hydrogens is 552 g/mol. The molecular formula is C34H34O9. The summed E-state index contributed by atoms with van der Waals surface area (Å²) >= 11 is 0. The maximum absolute atomic E-state index is 12.8. The van der Waals surface area contributed by atoms with Crippen LogP contribution in [-0.4, -0.2) is 35.6 Å². The molecule has 9 nitrogen and oxygen atoms in total. The molecule has 3 aromatic carbocycles. The second-order valence-corrected chi connectivity index (χ2v) is 10.1. The molecule has 0 radical (unpaired) electrons. The van der Waals surface area contributed by atoms with Gasteiger partial charge in [-0.1, -0.05) is 20.1 Å². The molecule has 1 unspecified atom stereocenters. The first-order chi connectivity index (χ1) is 20.4. The van der Waals surface area contributed by atoms with Crippen LogP contribution in [-0.2, 0) is 20.7 Å². The lowest BCUT2D eigenvalue weighted by Crippen LogP contribution is -2.33. The lowest BCUT2D eigenvalue weighted by Gasteiger charge is -2.28. The zero-order chi connectivity index (χ0) is 31.6. The summed E-state index contributed by atoms with van der Waals surface area (Å²) < 4.78 is 27.4. The Morgan fingerprint density at radius 2 is 1.28 bits per heavy atom. The van der Waals surface area contributed by atoms with Crippen molar-refractivity contribution in [2.24, 2.45) is 0 Å². The minimum Gasteiger partial charge on any atom is -0.491 e. The molecule has 0 amide bonds. The van der Waals surface area contributed by atoms with Gasteiger partial charge in [-0.2, -0.15) is 0 Å². The summed E-state index contributed by atoms with van der Waals surface area (Å²) in [6.07, 6.45) is 2.85. The van der Waals surface area contributed by atoms with Gasteiger partial charge in [-0.3, -0.25) is 0 Å². The molecule has 224 valence electrons. The van der Waals surface area contributed by atoms with Gasteiger partial charge in [0, 0.05) is 18.6 Å². The van der Waals surface area contributed by atoms with E-state index in [1.807, 2.05) is 13.8 Å². The van der Waals surface area contributed by atoms with Crippen LogP contribution in [0.5, 0.6) is 23.0 Å². The lowest BCUT2D eigenvalue weighted by atomic mass is 10.0. The Hall–Kier alpha value is -5.18. The summed E-state index contributed by atoms with van der Waals surface area (Å²) in [5, 5.41) is 0. The van der Waals surface area contributed by atoms with Crippen molar-refractivity contribution in [2.75, 3.05) is 0 Å². The van der Waals surface area contributed by atoms with Crippen molar-refractivity contribution in [1.82, 2.24) is 0 Å². The molecule has 0 aliphatic heterocycles. The fourth-order valence-corrected chi connectivity index (χ4v) is 4.13. The average Bonchev–Trinajstić information content (AvgIpc) is 2.97. The van der Waals surface area contributed by atoms with Gasteiger partial charge < -0.3 is 23.7 Å². The lowest BCUT2D eigenvalue weighted by molar-refractivity contribution is -0.152. The molecule has 0 N–H and O–H groups in total. The second kappa shape index (κ2) is 14.6. The number of carbonyl (C=O) groups excluding carboxylic acids is 4. The van der Waals surface area contributed by atoms with E-state index in [0.717, 1.165) is 12.2 Å². The molecule has 3 aromatic rings. The quantitative estimate of drug-likeness (QED) is 0.127. The van der Waals surface area contributed by atoms with E-state index in [1.165, 1.54) is 30.3 Å². The first-order valence-electron chi connectivity index (χ1n) is 13.6. The predicted octanol–water partition coefficient (Wildman–Crippen LogP) is 6.44. The Balaban J connectivity index is 1.59. The highest BCUT2D eigenvalue weighted by Gasteiger charge is 2.25. The fourth-order valence-electron chi connectivity index (χ4n) is 4.13. The van der Waals surface area contributed by atoms with Crippen LogP contribution in [0.25, 0.3) is 0 Å². The fraction of sp³-hybridized carbons (Fsp3) is 0.235. The summed E-state index contributed by atoms with van der Waals surface area (Å²) in [7, 11) is 0. The van der Waals surface area contributed by atoms with Crippen molar-refractivity contribution in [1.29, 1.82) is 0 Å². The number of hydrogen-bond donors (Lipinski definition) is 0. The third-order valence-corrected chi connectivity index (χ3v) is 6.05.